The van der Waals surface area contributed by atoms with E-state index in [9.17, 15) is 4.79 Å². The number of rotatable bonds is 2. The van der Waals surface area contributed by atoms with E-state index in [1.807, 2.05) is 4.90 Å². The molecule has 86 valence electrons. The Balaban J connectivity index is 2.20. The molecule has 1 saturated heterocycles. The number of carbonyl (C=O) groups excluding carboxylic acids is 1. The lowest BCUT2D eigenvalue weighted by Crippen LogP contribution is -2.27. The van der Waals surface area contributed by atoms with Gasteiger partial charge in [0, 0.05) is 19.2 Å². The third kappa shape index (κ3) is 2.20. The van der Waals surface area contributed by atoms with Gasteiger partial charge in [0.1, 0.15) is 0 Å². The topological polar surface area (TPSA) is 72.1 Å². The van der Waals surface area contributed by atoms with Crippen LogP contribution in [-0.2, 0) is 4.79 Å². The molecule has 0 aromatic carbocycles. The number of hydrogen-bond acceptors (Lipinski definition) is 4. The molecule has 1 aliphatic rings. The molecule has 1 aromatic rings. The van der Waals surface area contributed by atoms with E-state index in [4.69, 9.17) is 28.9 Å². The Morgan fingerprint density at radius 1 is 1.50 bits per heavy atom. The minimum Gasteiger partial charge on any atom is -0.369 e. The van der Waals surface area contributed by atoms with Gasteiger partial charge in [-0.2, -0.15) is 0 Å². The number of anilines is 1. The van der Waals surface area contributed by atoms with Crippen molar-refractivity contribution in [3.63, 3.8) is 0 Å². The summed E-state index contributed by atoms with van der Waals surface area (Å²) in [5.74, 6) is -0.422. The van der Waals surface area contributed by atoms with Gasteiger partial charge in [-0.3, -0.25) is 4.79 Å². The number of carbonyl (C=O) groups is 1. The molecule has 16 heavy (non-hydrogen) atoms. The second-order valence-electron chi connectivity index (χ2n) is 3.68. The molecule has 5 nitrogen and oxygen atoms in total. The number of primary amides is 1. The highest BCUT2D eigenvalue weighted by Crippen LogP contribution is 2.29. The van der Waals surface area contributed by atoms with Crippen molar-refractivity contribution < 1.29 is 4.79 Å². The number of halogens is 2. The maximum absolute atomic E-state index is 11.0. The van der Waals surface area contributed by atoms with Gasteiger partial charge in [-0.15, -0.1) is 10.2 Å². The smallest absolute Gasteiger partial charge is 0.222 e. The first kappa shape index (κ1) is 11.4. The summed E-state index contributed by atoms with van der Waals surface area (Å²) in [6, 6.07) is 1.64. The van der Waals surface area contributed by atoms with Crippen molar-refractivity contribution in [3.8, 4) is 0 Å². The number of hydrogen-bond donors (Lipinski definition) is 1. The van der Waals surface area contributed by atoms with Crippen LogP contribution in [0.4, 0.5) is 5.69 Å². The highest BCUT2D eigenvalue weighted by molar-refractivity contribution is 6.33. The molecule has 1 aromatic heterocycles. The normalized spacial score (nSPS) is 20.1. The molecule has 0 spiro atoms. The van der Waals surface area contributed by atoms with Crippen molar-refractivity contribution in [1.82, 2.24) is 10.2 Å². The molecule has 0 bridgehead atoms. The van der Waals surface area contributed by atoms with Crippen LogP contribution in [0.3, 0.4) is 0 Å². The van der Waals surface area contributed by atoms with Gasteiger partial charge in [-0.05, 0) is 6.42 Å². The summed E-state index contributed by atoms with van der Waals surface area (Å²) < 4.78 is 0. The number of nitrogens with two attached hydrogens (primary N) is 1. The molecule has 2 heterocycles. The average Bonchev–Trinajstić information content (AvgIpc) is 2.70. The summed E-state index contributed by atoms with van der Waals surface area (Å²) in [4.78, 5) is 13.0. The molecule has 0 saturated carbocycles. The minimum absolute atomic E-state index is 0.136. The zero-order valence-electron chi connectivity index (χ0n) is 8.36. The van der Waals surface area contributed by atoms with Gasteiger partial charge in [-0.25, -0.2) is 0 Å². The molecule has 2 N–H and O–H groups in total. The second-order valence-corrected chi connectivity index (χ2v) is 4.42. The van der Waals surface area contributed by atoms with Gasteiger partial charge in [0.25, 0.3) is 0 Å². The third-order valence-corrected chi connectivity index (χ3v) is 3.09. The van der Waals surface area contributed by atoms with Crippen LogP contribution in [0.1, 0.15) is 6.42 Å². The molecular weight excluding hydrogens is 251 g/mol. The van der Waals surface area contributed by atoms with Crippen molar-refractivity contribution in [2.45, 2.75) is 6.42 Å². The molecule has 1 amide bonds. The Hall–Kier alpha value is -1.07. The number of aromatic nitrogens is 2. The van der Waals surface area contributed by atoms with Crippen molar-refractivity contribution in [1.29, 1.82) is 0 Å². The van der Waals surface area contributed by atoms with Gasteiger partial charge in [0.05, 0.1) is 11.6 Å². The van der Waals surface area contributed by atoms with E-state index in [0.717, 1.165) is 13.0 Å². The van der Waals surface area contributed by atoms with Gasteiger partial charge in [0.15, 0.2) is 10.3 Å². The molecule has 2 rings (SSSR count). The molecule has 7 heteroatoms. The second kappa shape index (κ2) is 4.43. The van der Waals surface area contributed by atoms with Gasteiger partial charge in [-0.1, -0.05) is 23.2 Å². The average molecular weight is 261 g/mol. The lowest BCUT2D eigenvalue weighted by atomic mass is 10.1. The van der Waals surface area contributed by atoms with E-state index in [-0.39, 0.29) is 22.1 Å². The van der Waals surface area contributed by atoms with Crippen molar-refractivity contribution in [2.75, 3.05) is 18.0 Å². The van der Waals surface area contributed by atoms with E-state index < -0.39 is 0 Å². The third-order valence-electron chi connectivity index (χ3n) is 2.63. The largest absolute Gasteiger partial charge is 0.369 e. The SMILES string of the molecule is NC(=O)C1CCN(c2cc(Cl)nnc2Cl)C1. The summed E-state index contributed by atoms with van der Waals surface area (Å²) in [6.45, 7) is 1.27. The maximum Gasteiger partial charge on any atom is 0.222 e. The highest BCUT2D eigenvalue weighted by Gasteiger charge is 2.28. The van der Waals surface area contributed by atoms with Crippen LogP contribution in [0, 0.1) is 5.92 Å². The van der Waals surface area contributed by atoms with Crippen molar-refractivity contribution in [2.24, 2.45) is 11.7 Å². The number of amides is 1. The maximum atomic E-state index is 11.0. The Morgan fingerprint density at radius 2 is 2.25 bits per heavy atom. The van der Waals surface area contributed by atoms with Crippen LogP contribution in [0.15, 0.2) is 6.07 Å². The van der Waals surface area contributed by atoms with Crippen LogP contribution in [0.25, 0.3) is 0 Å². The molecular formula is C9H10Cl2N4O. The predicted molar refractivity (Wildman–Crippen MR) is 61.6 cm³/mol. The highest BCUT2D eigenvalue weighted by atomic mass is 35.5. The first-order valence-corrected chi connectivity index (χ1v) is 5.56. The molecule has 1 atom stereocenters. The van der Waals surface area contributed by atoms with Gasteiger partial charge in [0.2, 0.25) is 5.91 Å². The summed E-state index contributed by atoms with van der Waals surface area (Å²) in [6.07, 6.45) is 0.728. The molecule has 0 radical (unpaired) electrons. The van der Waals surface area contributed by atoms with Crippen LogP contribution in [-0.4, -0.2) is 29.2 Å². The summed E-state index contributed by atoms with van der Waals surface area (Å²) in [7, 11) is 0. The van der Waals surface area contributed by atoms with Crippen LogP contribution in [0.2, 0.25) is 10.3 Å². The summed E-state index contributed by atoms with van der Waals surface area (Å²) >= 11 is 11.7. The van der Waals surface area contributed by atoms with E-state index in [1.165, 1.54) is 0 Å². The zero-order chi connectivity index (χ0) is 11.7. The number of nitrogens with zero attached hydrogens (tertiary/aromatic N) is 3. The molecule has 1 fully saturated rings. The van der Waals surface area contributed by atoms with Crippen LogP contribution >= 0.6 is 23.2 Å². The lowest BCUT2D eigenvalue weighted by Gasteiger charge is -2.18. The van der Waals surface area contributed by atoms with Gasteiger partial charge >= 0.3 is 0 Å². The quantitative estimate of drug-likeness (QED) is 0.865. The van der Waals surface area contributed by atoms with Crippen LogP contribution in [0.5, 0.6) is 0 Å². The van der Waals surface area contributed by atoms with Crippen molar-refractivity contribution >= 4 is 34.8 Å². The van der Waals surface area contributed by atoms with E-state index >= 15 is 0 Å². The first-order valence-electron chi connectivity index (χ1n) is 4.81. The fraction of sp³-hybridized carbons (Fsp3) is 0.444. The summed E-state index contributed by atoms with van der Waals surface area (Å²) in [5.41, 5.74) is 5.95. The van der Waals surface area contributed by atoms with Crippen molar-refractivity contribution in [3.05, 3.63) is 16.4 Å². The molecule has 0 aliphatic carbocycles. The monoisotopic (exact) mass is 260 g/mol. The fourth-order valence-electron chi connectivity index (χ4n) is 1.78. The fourth-order valence-corrected chi connectivity index (χ4v) is 2.13. The molecule has 1 unspecified atom stereocenters. The zero-order valence-corrected chi connectivity index (χ0v) is 9.87. The minimum atomic E-state index is -0.285. The lowest BCUT2D eigenvalue weighted by molar-refractivity contribution is -0.121. The van der Waals surface area contributed by atoms with Crippen LogP contribution < -0.4 is 10.6 Å². The van der Waals surface area contributed by atoms with E-state index in [0.29, 0.717) is 12.2 Å². The van der Waals surface area contributed by atoms with Gasteiger partial charge < -0.3 is 10.6 Å². The predicted octanol–water partition coefficient (Wildman–Crippen LogP) is 1.09. The molecule has 1 aliphatic heterocycles. The Bertz CT molecular complexity index is 426. The summed E-state index contributed by atoms with van der Waals surface area (Å²) in [5, 5.41) is 7.92. The Morgan fingerprint density at radius 3 is 2.88 bits per heavy atom. The van der Waals surface area contributed by atoms with E-state index in [2.05, 4.69) is 10.2 Å². The Kier molecular flexibility index (Phi) is 3.16. The van der Waals surface area contributed by atoms with E-state index in [1.54, 1.807) is 6.07 Å². The first-order chi connectivity index (χ1) is 7.58. The standard InChI is InChI=1S/C9H10Cl2N4O/c10-7-3-6(8(11)14-13-7)15-2-1-5(4-15)9(12)16/h3,5H,1-2,4H2,(H2,12,16). The Labute approximate surface area is 103 Å².